The summed E-state index contributed by atoms with van der Waals surface area (Å²) in [6.07, 6.45) is 0.807. The van der Waals surface area contributed by atoms with Crippen LogP contribution < -0.4 is 5.32 Å². The Balaban J connectivity index is 0.00000101. The van der Waals surface area contributed by atoms with Crippen LogP contribution in [0.2, 0.25) is 0 Å². The van der Waals surface area contributed by atoms with Gasteiger partial charge in [-0.3, -0.25) is 24.3 Å². The minimum absolute atomic E-state index is 0.0736. The fourth-order valence-electron chi connectivity index (χ4n) is 2.28. The van der Waals surface area contributed by atoms with E-state index in [1.54, 1.807) is 16.8 Å². The van der Waals surface area contributed by atoms with Crippen molar-refractivity contribution in [2.75, 3.05) is 79.1 Å². The second-order valence-electron chi connectivity index (χ2n) is 5.63. The summed E-state index contributed by atoms with van der Waals surface area (Å²) in [5.41, 5.74) is 0. The lowest BCUT2D eigenvalue weighted by Crippen LogP contribution is -2.40. The number of aliphatic hydroxyl groups excluding tert-OH is 1. The predicted octanol–water partition coefficient (Wildman–Crippen LogP) is -2.53. The summed E-state index contributed by atoms with van der Waals surface area (Å²) < 4.78 is 0. The molecule has 1 aliphatic rings. The molecule has 0 aromatic carbocycles. The molecule has 0 bridgehead atoms. The number of nitrogens with one attached hydrogen (secondary N) is 1. The van der Waals surface area contributed by atoms with Crippen LogP contribution in [0.15, 0.2) is 0 Å². The number of carboxylic acid groups (broad SMARTS) is 2. The average Bonchev–Trinajstić information content (AvgIpc) is 2.62. The third kappa shape index (κ3) is 13.4. The molecule has 1 heterocycles. The molecule has 10 heteroatoms. The van der Waals surface area contributed by atoms with Crippen LogP contribution in [0.25, 0.3) is 0 Å². The van der Waals surface area contributed by atoms with Crippen molar-refractivity contribution in [3.63, 3.8) is 0 Å². The zero-order valence-corrected chi connectivity index (χ0v) is 14.8. The van der Waals surface area contributed by atoms with Crippen LogP contribution in [-0.4, -0.2) is 127 Å². The van der Waals surface area contributed by atoms with Crippen molar-refractivity contribution in [2.24, 2.45) is 0 Å². The van der Waals surface area contributed by atoms with Crippen LogP contribution in [-0.2, 0) is 14.4 Å². The molecule has 0 aromatic heterocycles. The van der Waals surface area contributed by atoms with Crippen LogP contribution in [0, 0.1) is 0 Å². The van der Waals surface area contributed by atoms with E-state index in [2.05, 4.69) is 5.32 Å². The van der Waals surface area contributed by atoms with Crippen LogP contribution in [0.5, 0.6) is 0 Å². The number of carboxylic acids is 2. The number of likely N-dealkylation sites (N-methyl/N-ethyl adjacent to an activating group) is 1. The van der Waals surface area contributed by atoms with Gasteiger partial charge < -0.3 is 25.4 Å². The Kier molecular flexibility index (Phi) is 13.8. The van der Waals surface area contributed by atoms with Gasteiger partial charge in [0.15, 0.2) is 0 Å². The summed E-state index contributed by atoms with van der Waals surface area (Å²) in [6.45, 7) is 4.40. The monoisotopic (exact) mass is 362 g/mol. The first-order valence-corrected chi connectivity index (χ1v) is 8.22. The standard InChI is InChI=1S/C12H21N3O5.C3H9NO/c16-8-7-13-1-3-14(9-11(17)18)5-6-15(4-2-13)10-12(19)20;1-4-2-3-5/h8H,1-7,9-10H2,(H,17,18)(H,19,20);4-5H,2-3H2,1H3. The molecule has 1 rings (SSSR count). The number of aliphatic hydroxyl groups is 1. The smallest absolute Gasteiger partial charge is 0.317 e. The maximum Gasteiger partial charge on any atom is 0.317 e. The van der Waals surface area contributed by atoms with E-state index >= 15 is 0 Å². The SMILES string of the molecule is CNCCO.O=CCN1CCN(CC(=O)O)CCN(CC(=O)O)CC1. The molecule has 0 saturated carbocycles. The third-order valence-corrected chi connectivity index (χ3v) is 3.61. The van der Waals surface area contributed by atoms with Gasteiger partial charge in [-0.1, -0.05) is 0 Å². The first-order valence-electron chi connectivity index (χ1n) is 8.22. The number of rotatable bonds is 8. The van der Waals surface area contributed by atoms with Gasteiger partial charge in [-0.15, -0.1) is 0 Å². The Labute approximate surface area is 148 Å². The summed E-state index contributed by atoms with van der Waals surface area (Å²) >= 11 is 0. The zero-order chi connectivity index (χ0) is 19.1. The molecule has 146 valence electrons. The molecule has 4 N–H and O–H groups in total. The van der Waals surface area contributed by atoms with E-state index < -0.39 is 11.9 Å². The summed E-state index contributed by atoms with van der Waals surface area (Å²) in [7, 11) is 1.80. The molecule has 0 aliphatic carbocycles. The number of carbonyl (C=O) groups excluding carboxylic acids is 1. The van der Waals surface area contributed by atoms with Gasteiger partial charge in [0.05, 0.1) is 26.2 Å². The van der Waals surface area contributed by atoms with E-state index in [1.807, 2.05) is 4.90 Å². The first kappa shape index (κ1) is 23.4. The number of aldehydes is 1. The van der Waals surface area contributed by atoms with E-state index in [4.69, 9.17) is 15.3 Å². The molecule has 1 fully saturated rings. The largest absolute Gasteiger partial charge is 0.480 e. The molecular formula is C15H30N4O6. The maximum atomic E-state index is 10.8. The van der Waals surface area contributed by atoms with Crippen LogP contribution in [0.3, 0.4) is 0 Å². The highest BCUT2D eigenvalue weighted by Gasteiger charge is 2.18. The fourth-order valence-corrected chi connectivity index (χ4v) is 2.28. The molecule has 0 atom stereocenters. The second kappa shape index (κ2) is 14.7. The zero-order valence-electron chi connectivity index (χ0n) is 14.8. The van der Waals surface area contributed by atoms with Crippen molar-refractivity contribution < 1.29 is 29.7 Å². The van der Waals surface area contributed by atoms with E-state index in [1.165, 1.54) is 0 Å². The van der Waals surface area contributed by atoms with Gasteiger partial charge in [-0.05, 0) is 7.05 Å². The minimum Gasteiger partial charge on any atom is -0.480 e. The number of aliphatic carboxylic acids is 2. The number of carbonyl (C=O) groups is 3. The molecule has 0 radical (unpaired) electrons. The summed E-state index contributed by atoms with van der Waals surface area (Å²) in [5, 5.41) is 28.5. The number of nitrogens with zero attached hydrogens (tertiary/aromatic N) is 3. The molecule has 1 aliphatic heterocycles. The lowest BCUT2D eigenvalue weighted by atomic mass is 10.4. The van der Waals surface area contributed by atoms with Crippen LogP contribution in [0.4, 0.5) is 0 Å². The molecule has 25 heavy (non-hydrogen) atoms. The number of hydrogen-bond donors (Lipinski definition) is 4. The molecule has 0 unspecified atom stereocenters. The van der Waals surface area contributed by atoms with Crippen molar-refractivity contribution in [2.45, 2.75) is 0 Å². The van der Waals surface area contributed by atoms with Gasteiger partial charge in [0, 0.05) is 45.8 Å². The summed E-state index contributed by atoms with van der Waals surface area (Å²) in [5.74, 6) is -1.81. The van der Waals surface area contributed by atoms with Gasteiger partial charge in [0.1, 0.15) is 6.29 Å². The number of hydrogen-bond acceptors (Lipinski definition) is 8. The van der Waals surface area contributed by atoms with Crippen molar-refractivity contribution in [1.82, 2.24) is 20.0 Å². The Morgan fingerprint density at radius 1 is 0.920 bits per heavy atom. The topological polar surface area (TPSA) is 134 Å². The highest BCUT2D eigenvalue weighted by atomic mass is 16.4. The lowest BCUT2D eigenvalue weighted by Gasteiger charge is -2.23. The van der Waals surface area contributed by atoms with E-state index in [0.29, 0.717) is 45.8 Å². The van der Waals surface area contributed by atoms with Gasteiger partial charge in [-0.25, -0.2) is 0 Å². The van der Waals surface area contributed by atoms with E-state index in [-0.39, 0.29) is 26.2 Å². The lowest BCUT2D eigenvalue weighted by molar-refractivity contribution is -0.140. The molecule has 10 nitrogen and oxygen atoms in total. The molecule has 0 spiro atoms. The Bertz CT molecular complexity index is 366. The van der Waals surface area contributed by atoms with Gasteiger partial charge in [0.25, 0.3) is 0 Å². The van der Waals surface area contributed by atoms with Crippen molar-refractivity contribution in [3.05, 3.63) is 0 Å². The molecule has 1 saturated heterocycles. The molecule has 0 amide bonds. The van der Waals surface area contributed by atoms with Crippen molar-refractivity contribution >= 4 is 18.2 Å². The normalized spacial score (nSPS) is 17.5. The molecular weight excluding hydrogens is 332 g/mol. The van der Waals surface area contributed by atoms with Crippen LogP contribution >= 0.6 is 0 Å². The van der Waals surface area contributed by atoms with E-state index in [9.17, 15) is 14.4 Å². The fraction of sp³-hybridized carbons (Fsp3) is 0.800. The minimum atomic E-state index is -0.907. The molecule has 0 aromatic rings. The summed E-state index contributed by atoms with van der Waals surface area (Å²) in [4.78, 5) is 37.6. The van der Waals surface area contributed by atoms with E-state index in [0.717, 1.165) is 6.29 Å². The average molecular weight is 362 g/mol. The van der Waals surface area contributed by atoms with Gasteiger partial charge >= 0.3 is 11.9 Å². The highest BCUT2D eigenvalue weighted by molar-refractivity contribution is 5.69. The Morgan fingerprint density at radius 2 is 1.32 bits per heavy atom. The summed E-state index contributed by atoms with van der Waals surface area (Å²) in [6, 6.07) is 0. The maximum absolute atomic E-state index is 10.8. The Hall–Kier alpha value is -1.59. The second-order valence-corrected chi connectivity index (χ2v) is 5.63. The van der Waals surface area contributed by atoms with Crippen molar-refractivity contribution in [1.29, 1.82) is 0 Å². The van der Waals surface area contributed by atoms with Gasteiger partial charge in [0.2, 0.25) is 0 Å². The van der Waals surface area contributed by atoms with Crippen molar-refractivity contribution in [3.8, 4) is 0 Å². The van der Waals surface area contributed by atoms with Crippen LogP contribution in [0.1, 0.15) is 0 Å². The quantitative estimate of drug-likeness (QED) is 0.343. The highest BCUT2D eigenvalue weighted by Crippen LogP contribution is 2.00. The first-order chi connectivity index (χ1) is 11.9. The van der Waals surface area contributed by atoms with Gasteiger partial charge in [-0.2, -0.15) is 0 Å². The third-order valence-electron chi connectivity index (χ3n) is 3.61. The Morgan fingerprint density at radius 3 is 1.56 bits per heavy atom. The predicted molar refractivity (Wildman–Crippen MR) is 91.7 cm³/mol.